The molecule has 0 spiro atoms. The van der Waals surface area contributed by atoms with Gasteiger partial charge in [-0.1, -0.05) is 41.5 Å². The summed E-state index contributed by atoms with van der Waals surface area (Å²) < 4.78 is 27.9. The molecule has 0 aromatic heterocycles. The Kier molecular flexibility index (Phi) is 5.90. The molecule has 4 nitrogen and oxygen atoms in total. The van der Waals surface area contributed by atoms with Crippen LogP contribution < -0.4 is 10.0 Å². The van der Waals surface area contributed by atoms with E-state index in [1.54, 1.807) is 6.92 Å². The van der Waals surface area contributed by atoms with Crippen molar-refractivity contribution in [3.8, 4) is 0 Å². The summed E-state index contributed by atoms with van der Waals surface area (Å²) in [5.74, 6) is 0. The van der Waals surface area contributed by atoms with E-state index < -0.39 is 15.3 Å². The number of nitrogens with one attached hydrogen (secondary N) is 2. The van der Waals surface area contributed by atoms with Gasteiger partial charge < -0.3 is 5.32 Å². The second-order valence-corrected chi connectivity index (χ2v) is 10.8. The highest BCUT2D eigenvalue weighted by molar-refractivity contribution is 7.90. The van der Waals surface area contributed by atoms with E-state index in [2.05, 4.69) is 37.7 Å². The lowest BCUT2D eigenvalue weighted by Gasteiger charge is -2.45. The number of rotatable bonds is 6. The standard InChI is InChI=1S/C16H34N2O2S/c1-12(2)17-10-13(3)21(19,20)18-14-8-15(4,5)11-16(6,7)9-14/h12-14,17-18H,8-11H2,1-7H3. The molecule has 2 N–H and O–H groups in total. The van der Waals surface area contributed by atoms with Gasteiger partial charge in [0.1, 0.15) is 0 Å². The van der Waals surface area contributed by atoms with Crippen molar-refractivity contribution < 1.29 is 8.42 Å². The van der Waals surface area contributed by atoms with Crippen LogP contribution in [0, 0.1) is 10.8 Å². The zero-order valence-corrected chi connectivity index (χ0v) is 15.6. The van der Waals surface area contributed by atoms with Crippen LogP contribution in [0.1, 0.15) is 67.7 Å². The van der Waals surface area contributed by atoms with E-state index in [4.69, 9.17) is 0 Å². The average molecular weight is 319 g/mol. The molecular weight excluding hydrogens is 284 g/mol. The average Bonchev–Trinajstić information content (AvgIpc) is 2.19. The zero-order valence-electron chi connectivity index (χ0n) is 14.8. The molecule has 0 amide bonds. The maximum atomic E-state index is 12.5. The minimum atomic E-state index is -3.27. The third kappa shape index (κ3) is 6.25. The van der Waals surface area contributed by atoms with Gasteiger partial charge in [0.25, 0.3) is 0 Å². The van der Waals surface area contributed by atoms with Crippen molar-refractivity contribution in [2.24, 2.45) is 10.8 Å². The Labute approximate surface area is 131 Å². The molecule has 1 unspecified atom stereocenters. The highest BCUT2D eigenvalue weighted by Gasteiger charge is 2.40. The maximum Gasteiger partial charge on any atom is 0.215 e. The highest BCUT2D eigenvalue weighted by atomic mass is 32.2. The minimum Gasteiger partial charge on any atom is -0.313 e. The van der Waals surface area contributed by atoms with Crippen LogP contribution >= 0.6 is 0 Å². The molecule has 1 saturated carbocycles. The van der Waals surface area contributed by atoms with Gasteiger partial charge in [-0.3, -0.25) is 0 Å². The molecule has 126 valence electrons. The van der Waals surface area contributed by atoms with Gasteiger partial charge in [0.15, 0.2) is 0 Å². The Balaban J connectivity index is 2.70. The predicted octanol–water partition coefficient (Wildman–Crippen LogP) is 2.90. The third-order valence-electron chi connectivity index (χ3n) is 4.23. The minimum absolute atomic E-state index is 0.0512. The summed E-state index contributed by atoms with van der Waals surface area (Å²) in [6.07, 6.45) is 2.97. The van der Waals surface area contributed by atoms with Crippen molar-refractivity contribution in [2.45, 2.75) is 85.1 Å². The second kappa shape index (κ2) is 6.55. The summed E-state index contributed by atoms with van der Waals surface area (Å²) in [7, 11) is -3.27. The van der Waals surface area contributed by atoms with Crippen molar-refractivity contribution in [1.82, 2.24) is 10.0 Å². The van der Waals surface area contributed by atoms with E-state index in [1.165, 1.54) is 0 Å². The first-order valence-corrected chi connectivity index (χ1v) is 9.62. The fourth-order valence-electron chi connectivity index (χ4n) is 3.79. The fourth-order valence-corrected chi connectivity index (χ4v) is 4.97. The molecule has 1 atom stereocenters. The van der Waals surface area contributed by atoms with Crippen LogP contribution in [0.2, 0.25) is 0 Å². The van der Waals surface area contributed by atoms with Crippen LogP contribution in [0.15, 0.2) is 0 Å². The molecule has 5 heteroatoms. The Bertz CT molecular complexity index is 425. The predicted molar refractivity (Wildman–Crippen MR) is 89.9 cm³/mol. The van der Waals surface area contributed by atoms with Gasteiger partial charge in [0.2, 0.25) is 10.0 Å². The fraction of sp³-hybridized carbons (Fsp3) is 1.00. The molecule has 1 aliphatic rings. The number of sulfonamides is 1. The Hall–Kier alpha value is -0.130. The summed E-state index contributed by atoms with van der Waals surface area (Å²) in [6, 6.07) is 0.352. The van der Waals surface area contributed by atoms with E-state index >= 15 is 0 Å². The van der Waals surface area contributed by atoms with Gasteiger partial charge in [-0.15, -0.1) is 0 Å². The van der Waals surface area contributed by atoms with Crippen LogP contribution in [-0.2, 0) is 10.0 Å². The van der Waals surface area contributed by atoms with Gasteiger partial charge in [-0.2, -0.15) is 0 Å². The van der Waals surface area contributed by atoms with Crippen molar-refractivity contribution in [3.63, 3.8) is 0 Å². The van der Waals surface area contributed by atoms with Gasteiger partial charge in [-0.25, -0.2) is 13.1 Å². The molecule has 0 aliphatic heterocycles. The summed E-state index contributed by atoms with van der Waals surface area (Å²) >= 11 is 0. The van der Waals surface area contributed by atoms with Crippen LogP contribution in [0.3, 0.4) is 0 Å². The lowest BCUT2D eigenvalue weighted by atomic mass is 9.64. The normalized spacial score (nSPS) is 24.2. The van der Waals surface area contributed by atoms with Crippen LogP contribution in [0.5, 0.6) is 0 Å². The van der Waals surface area contributed by atoms with Gasteiger partial charge in [-0.05, 0) is 37.0 Å². The molecule has 0 heterocycles. The molecule has 1 rings (SSSR count). The van der Waals surface area contributed by atoms with Crippen molar-refractivity contribution in [2.75, 3.05) is 6.54 Å². The largest absolute Gasteiger partial charge is 0.313 e. The van der Waals surface area contributed by atoms with E-state index in [0.29, 0.717) is 12.6 Å². The van der Waals surface area contributed by atoms with Gasteiger partial charge in [0, 0.05) is 18.6 Å². The second-order valence-electron chi connectivity index (χ2n) is 8.65. The van der Waals surface area contributed by atoms with Crippen LogP contribution in [-0.4, -0.2) is 32.3 Å². The first kappa shape index (κ1) is 18.9. The molecule has 1 fully saturated rings. The zero-order chi connectivity index (χ0) is 16.5. The summed E-state index contributed by atoms with van der Waals surface area (Å²) in [5.41, 5.74) is 0.378. The molecule has 0 aromatic rings. The molecular formula is C16H34N2O2S. The number of hydrogen-bond donors (Lipinski definition) is 2. The number of hydrogen-bond acceptors (Lipinski definition) is 3. The van der Waals surface area contributed by atoms with Gasteiger partial charge in [0.05, 0.1) is 5.25 Å². The van der Waals surface area contributed by atoms with E-state index in [0.717, 1.165) is 19.3 Å². The molecule has 0 radical (unpaired) electrons. The van der Waals surface area contributed by atoms with Crippen molar-refractivity contribution in [1.29, 1.82) is 0 Å². The molecule has 0 bridgehead atoms. The maximum absolute atomic E-state index is 12.5. The summed E-state index contributed by atoms with van der Waals surface area (Å²) in [6.45, 7) is 15.3. The molecule has 21 heavy (non-hydrogen) atoms. The molecule has 0 aromatic carbocycles. The van der Waals surface area contributed by atoms with E-state index in [-0.39, 0.29) is 16.9 Å². The molecule has 0 saturated heterocycles. The van der Waals surface area contributed by atoms with Crippen LogP contribution in [0.4, 0.5) is 0 Å². The molecule has 1 aliphatic carbocycles. The van der Waals surface area contributed by atoms with Gasteiger partial charge >= 0.3 is 0 Å². The Morgan fingerprint density at radius 1 is 1.05 bits per heavy atom. The smallest absolute Gasteiger partial charge is 0.215 e. The monoisotopic (exact) mass is 318 g/mol. The van der Waals surface area contributed by atoms with Crippen molar-refractivity contribution >= 4 is 10.0 Å². The Morgan fingerprint density at radius 3 is 1.95 bits per heavy atom. The highest BCUT2D eigenvalue weighted by Crippen LogP contribution is 2.45. The van der Waals surface area contributed by atoms with Crippen LogP contribution in [0.25, 0.3) is 0 Å². The quantitative estimate of drug-likeness (QED) is 0.791. The van der Waals surface area contributed by atoms with E-state index in [9.17, 15) is 8.42 Å². The Morgan fingerprint density at radius 2 is 1.52 bits per heavy atom. The lowest BCUT2D eigenvalue weighted by Crippen LogP contribution is -2.49. The summed E-state index contributed by atoms with van der Waals surface area (Å²) in [5, 5.41) is 2.79. The van der Waals surface area contributed by atoms with Crippen molar-refractivity contribution in [3.05, 3.63) is 0 Å². The SMILES string of the molecule is CC(C)NCC(C)S(=O)(=O)NC1CC(C)(C)CC(C)(C)C1. The summed E-state index contributed by atoms with van der Waals surface area (Å²) in [4.78, 5) is 0. The topological polar surface area (TPSA) is 58.2 Å². The first-order chi connectivity index (χ1) is 9.33. The third-order valence-corrected chi connectivity index (χ3v) is 6.12. The lowest BCUT2D eigenvalue weighted by molar-refractivity contribution is 0.0933. The first-order valence-electron chi connectivity index (χ1n) is 8.08. The van der Waals surface area contributed by atoms with E-state index in [1.807, 2.05) is 13.8 Å².